The molecule has 140 valence electrons. The molecule has 0 saturated heterocycles. The van der Waals surface area contributed by atoms with Crippen molar-refractivity contribution in [1.29, 1.82) is 0 Å². The lowest BCUT2D eigenvalue weighted by molar-refractivity contribution is -0.297. The highest BCUT2D eigenvalue weighted by atomic mass is 32.2. The Bertz CT molecular complexity index is 995. The van der Waals surface area contributed by atoms with Crippen LogP contribution >= 0.6 is 11.8 Å². The topological polar surface area (TPSA) is 90.9 Å². The molecule has 0 fully saturated rings. The van der Waals surface area contributed by atoms with E-state index in [9.17, 15) is 9.90 Å². The zero-order chi connectivity index (χ0) is 19.4. The van der Waals surface area contributed by atoms with Crippen LogP contribution in [0, 0.1) is 0 Å². The number of aryl methyl sites for hydroxylation is 1. The summed E-state index contributed by atoms with van der Waals surface area (Å²) in [4.78, 5) is 15.9. The Balaban J connectivity index is 2.02. The van der Waals surface area contributed by atoms with Crippen molar-refractivity contribution in [2.75, 3.05) is 0 Å². The van der Waals surface area contributed by atoms with Crippen LogP contribution in [0.5, 0.6) is 5.75 Å². The number of rotatable bonds is 7. The standard InChI is InChI=1S/C20H21N3O3S/c1-4-18-21-20(23-22-18)27-17(19(24)25)11-13-9-10-16(26-12(2)3)15-8-6-5-7-14(13)15/h5-12H,4H2,1-3H3,(H,24,25)(H,21,22,23)/p-1/b17-11+. The Labute approximate surface area is 161 Å². The second-order valence-corrected chi connectivity index (χ2v) is 7.19. The molecule has 27 heavy (non-hydrogen) atoms. The van der Waals surface area contributed by atoms with Crippen LogP contribution in [0.4, 0.5) is 0 Å². The summed E-state index contributed by atoms with van der Waals surface area (Å²) < 4.78 is 5.87. The Hall–Kier alpha value is -2.80. The number of hydrogen-bond donors (Lipinski definition) is 1. The molecule has 0 spiro atoms. The molecule has 0 aliphatic carbocycles. The normalized spacial score (nSPS) is 11.9. The van der Waals surface area contributed by atoms with Gasteiger partial charge < -0.3 is 14.6 Å². The maximum absolute atomic E-state index is 11.6. The molecular formula is C20H20N3O3S-. The number of aliphatic carboxylic acids is 1. The van der Waals surface area contributed by atoms with Gasteiger partial charge in [-0.25, -0.2) is 4.98 Å². The summed E-state index contributed by atoms with van der Waals surface area (Å²) in [5.74, 6) is 0.201. The monoisotopic (exact) mass is 382 g/mol. The highest BCUT2D eigenvalue weighted by Gasteiger charge is 2.11. The van der Waals surface area contributed by atoms with E-state index in [0.717, 1.165) is 33.8 Å². The third-order valence-corrected chi connectivity index (χ3v) is 4.69. The van der Waals surface area contributed by atoms with Crippen LogP contribution in [0.2, 0.25) is 0 Å². The SMILES string of the molecule is CCc1nc(S/C(=C/c2ccc(OC(C)C)c3ccccc23)C(=O)[O-])n[nH]1. The van der Waals surface area contributed by atoms with E-state index < -0.39 is 5.97 Å². The van der Waals surface area contributed by atoms with Crippen LogP contribution < -0.4 is 9.84 Å². The fraction of sp³-hybridized carbons (Fsp3) is 0.250. The lowest BCUT2D eigenvalue weighted by atomic mass is 10.0. The Morgan fingerprint density at radius 1 is 1.26 bits per heavy atom. The molecule has 0 aliphatic rings. The number of carbonyl (C=O) groups excluding carboxylic acids is 1. The molecule has 2 aromatic carbocycles. The van der Waals surface area contributed by atoms with E-state index in [1.54, 1.807) is 6.08 Å². The highest BCUT2D eigenvalue weighted by molar-refractivity contribution is 8.04. The fourth-order valence-electron chi connectivity index (χ4n) is 2.63. The largest absolute Gasteiger partial charge is 0.544 e. The van der Waals surface area contributed by atoms with Crippen molar-refractivity contribution in [3.05, 3.63) is 52.7 Å². The molecule has 3 aromatic rings. The van der Waals surface area contributed by atoms with Crippen LogP contribution in [-0.2, 0) is 11.2 Å². The molecule has 0 radical (unpaired) electrons. The summed E-state index contributed by atoms with van der Waals surface area (Å²) in [6.45, 7) is 5.88. The minimum atomic E-state index is -1.27. The average Bonchev–Trinajstić information content (AvgIpc) is 3.10. The van der Waals surface area contributed by atoms with Crippen LogP contribution in [-0.4, -0.2) is 27.3 Å². The number of fused-ring (bicyclic) bond motifs is 1. The number of nitrogens with zero attached hydrogens (tertiary/aromatic N) is 2. The van der Waals surface area contributed by atoms with E-state index >= 15 is 0 Å². The number of carboxylic acid groups (broad SMARTS) is 1. The number of nitrogens with one attached hydrogen (secondary N) is 1. The van der Waals surface area contributed by atoms with Gasteiger partial charge in [0, 0.05) is 16.7 Å². The number of carbonyl (C=O) groups is 1. The first-order valence-electron chi connectivity index (χ1n) is 8.68. The van der Waals surface area contributed by atoms with Gasteiger partial charge in [-0.3, -0.25) is 5.10 Å². The maximum atomic E-state index is 11.6. The predicted molar refractivity (Wildman–Crippen MR) is 104 cm³/mol. The van der Waals surface area contributed by atoms with Gasteiger partial charge >= 0.3 is 0 Å². The van der Waals surface area contributed by atoms with Gasteiger partial charge in [0.2, 0.25) is 5.16 Å². The third-order valence-electron chi connectivity index (χ3n) is 3.82. The summed E-state index contributed by atoms with van der Waals surface area (Å²) in [7, 11) is 0. The molecule has 0 aliphatic heterocycles. The molecule has 0 atom stereocenters. The van der Waals surface area contributed by atoms with E-state index in [-0.39, 0.29) is 11.0 Å². The first-order chi connectivity index (χ1) is 13.0. The number of aromatic nitrogens is 3. The van der Waals surface area contributed by atoms with Gasteiger partial charge in [-0.05, 0) is 48.7 Å². The lowest BCUT2D eigenvalue weighted by Crippen LogP contribution is -2.23. The summed E-state index contributed by atoms with van der Waals surface area (Å²) in [6.07, 6.45) is 2.33. The van der Waals surface area contributed by atoms with E-state index in [0.29, 0.717) is 17.4 Å². The maximum Gasteiger partial charge on any atom is 0.213 e. The predicted octanol–water partition coefficient (Wildman–Crippen LogP) is 3.19. The summed E-state index contributed by atoms with van der Waals surface area (Å²) in [5, 5.41) is 20.6. The van der Waals surface area contributed by atoms with Crippen LogP contribution in [0.1, 0.15) is 32.2 Å². The molecule has 1 heterocycles. The third kappa shape index (κ3) is 4.49. The van der Waals surface area contributed by atoms with Crippen molar-refractivity contribution < 1.29 is 14.6 Å². The number of thioether (sulfide) groups is 1. The van der Waals surface area contributed by atoms with Crippen molar-refractivity contribution >= 4 is 34.6 Å². The van der Waals surface area contributed by atoms with Crippen LogP contribution in [0.3, 0.4) is 0 Å². The first-order valence-corrected chi connectivity index (χ1v) is 9.50. The van der Waals surface area contributed by atoms with E-state index in [1.165, 1.54) is 0 Å². The van der Waals surface area contributed by atoms with Gasteiger partial charge in [-0.15, -0.1) is 5.10 Å². The average molecular weight is 382 g/mol. The Morgan fingerprint density at radius 3 is 2.63 bits per heavy atom. The summed E-state index contributed by atoms with van der Waals surface area (Å²) in [5.41, 5.74) is 0.764. The number of carboxylic acids is 1. The van der Waals surface area contributed by atoms with Crippen molar-refractivity contribution in [3.8, 4) is 5.75 Å². The van der Waals surface area contributed by atoms with Gasteiger partial charge in [0.15, 0.2) is 0 Å². The minimum absolute atomic E-state index is 0.0411. The molecule has 1 aromatic heterocycles. The van der Waals surface area contributed by atoms with Gasteiger partial charge in [0.25, 0.3) is 0 Å². The molecule has 3 rings (SSSR count). The Kier molecular flexibility index (Phi) is 5.81. The molecule has 7 heteroatoms. The van der Waals surface area contributed by atoms with Gasteiger partial charge in [0.1, 0.15) is 11.6 Å². The number of benzene rings is 2. The first kappa shape index (κ1) is 19.0. The number of hydrogen-bond acceptors (Lipinski definition) is 6. The highest BCUT2D eigenvalue weighted by Crippen LogP contribution is 2.32. The number of aromatic amines is 1. The minimum Gasteiger partial charge on any atom is -0.544 e. The van der Waals surface area contributed by atoms with E-state index in [1.807, 2.05) is 57.2 Å². The second-order valence-electron chi connectivity index (χ2n) is 6.18. The van der Waals surface area contributed by atoms with Gasteiger partial charge in [0.05, 0.1) is 12.1 Å². The van der Waals surface area contributed by atoms with Crippen molar-refractivity contribution in [3.63, 3.8) is 0 Å². The van der Waals surface area contributed by atoms with Crippen LogP contribution in [0.15, 0.2) is 46.5 Å². The van der Waals surface area contributed by atoms with Crippen LogP contribution in [0.25, 0.3) is 16.8 Å². The number of H-pyrrole nitrogens is 1. The zero-order valence-corrected chi connectivity index (χ0v) is 16.2. The Morgan fingerprint density at radius 2 is 2.00 bits per heavy atom. The van der Waals surface area contributed by atoms with E-state index in [2.05, 4.69) is 15.2 Å². The quantitative estimate of drug-likeness (QED) is 0.498. The molecule has 0 bridgehead atoms. The summed E-state index contributed by atoms with van der Waals surface area (Å²) in [6, 6.07) is 11.4. The second kappa shape index (κ2) is 8.26. The molecule has 0 amide bonds. The molecule has 0 unspecified atom stereocenters. The zero-order valence-electron chi connectivity index (χ0n) is 15.4. The molecule has 6 nitrogen and oxygen atoms in total. The molecule has 1 N–H and O–H groups in total. The molecular weight excluding hydrogens is 362 g/mol. The molecule has 0 saturated carbocycles. The van der Waals surface area contributed by atoms with Gasteiger partial charge in [-0.2, -0.15) is 0 Å². The number of ether oxygens (including phenoxy) is 1. The lowest BCUT2D eigenvalue weighted by Gasteiger charge is -2.14. The van der Waals surface area contributed by atoms with Crippen molar-refractivity contribution in [2.24, 2.45) is 0 Å². The smallest absolute Gasteiger partial charge is 0.213 e. The van der Waals surface area contributed by atoms with Crippen molar-refractivity contribution in [2.45, 2.75) is 38.5 Å². The van der Waals surface area contributed by atoms with Gasteiger partial charge in [-0.1, -0.05) is 37.3 Å². The van der Waals surface area contributed by atoms with E-state index in [4.69, 9.17) is 4.74 Å². The summed E-state index contributed by atoms with van der Waals surface area (Å²) >= 11 is 0.966. The van der Waals surface area contributed by atoms with Crippen molar-refractivity contribution in [1.82, 2.24) is 15.2 Å². The fourth-order valence-corrected chi connectivity index (χ4v) is 3.34.